The Morgan fingerprint density at radius 3 is 2.43 bits per heavy atom. The number of hydrogen-bond donors (Lipinski definition) is 1. The molecule has 0 saturated heterocycles. The molecule has 0 saturated carbocycles. The molecule has 0 fully saturated rings. The molecule has 28 heavy (non-hydrogen) atoms. The van der Waals surface area contributed by atoms with Gasteiger partial charge in [-0.3, -0.25) is 0 Å². The highest BCUT2D eigenvalue weighted by Gasteiger charge is 2.07. The smallest absolute Gasteiger partial charge is 0.124 e. The van der Waals surface area contributed by atoms with E-state index >= 15 is 0 Å². The van der Waals surface area contributed by atoms with E-state index in [-0.39, 0.29) is 24.8 Å². The summed E-state index contributed by atoms with van der Waals surface area (Å²) in [6.45, 7) is 10.0. The molecule has 0 aliphatic heterocycles. The first-order chi connectivity index (χ1) is 12.6. The molecule has 0 atom stereocenters. The molecule has 7 heteroatoms. The van der Waals surface area contributed by atoms with E-state index < -0.39 is 0 Å². The van der Waals surface area contributed by atoms with E-state index in [9.17, 15) is 0 Å². The van der Waals surface area contributed by atoms with Crippen molar-refractivity contribution in [1.29, 1.82) is 0 Å². The van der Waals surface area contributed by atoms with Crippen LogP contribution in [0, 0.1) is 0 Å². The van der Waals surface area contributed by atoms with Gasteiger partial charge in [0, 0.05) is 27.2 Å². The zero-order chi connectivity index (χ0) is 18.8. The van der Waals surface area contributed by atoms with Crippen LogP contribution in [0.2, 0.25) is 5.02 Å². The minimum Gasteiger partial charge on any atom is -0.489 e. The summed E-state index contributed by atoms with van der Waals surface area (Å²) in [5.74, 6) is 0.893. The number of nitrogens with zero attached hydrogens (tertiary/aromatic N) is 1. The van der Waals surface area contributed by atoms with Gasteiger partial charge in [0.25, 0.3) is 0 Å². The van der Waals surface area contributed by atoms with E-state index in [1.54, 1.807) is 0 Å². The molecule has 0 spiro atoms. The number of rotatable bonds is 11. The molecule has 2 aromatic rings. The van der Waals surface area contributed by atoms with Crippen molar-refractivity contribution in [3.8, 4) is 5.75 Å². The van der Waals surface area contributed by atoms with Crippen molar-refractivity contribution in [2.24, 2.45) is 0 Å². The molecule has 158 valence electrons. The van der Waals surface area contributed by atoms with Crippen LogP contribution in [0.1, 0.15) is 31.4 Å². The molecule has 0 amide bonds. The number of ether oxygens (including phenoxy) is 1. The van der Waals surface area contributed by atoms with Crippen molar-refractivity contribution in [1.82, 2.24) is 10.2 Å². The summed E-state index contributed by atoms with van der Waals surface area (Å²) in [6, 6.07) is 13.9. The van der Waals surface area contributed by atoms with Crippen LogP contribution in [0.4, 0.5) is 0 Å². The summed E-state index contributed by atoms with van der Waals surface area (Å²) in [6.07, 6.45) is 1.14. The Labute approximate surface area is 195 Å². The third-order valence-electron chi connectivity index (χ3n) is 4.40. The van der Waals surface area contributed by atoms with E-state index in [0.717, 1.165) is 65.5 Å². The average molecular weight is 513 g/mol. The van der Waals surface area contributed by atoms with Crippen LogP contribution in [0.25, 0.3) is 0 Å². The molecule has 3 nitrogen and oxygen atoms in total. The summed E-state index contributed by atoms with van der Waals surface area (Å²) in [4.78, 5) is 2.44. The number of nitrogens with one attached hydrogen (secondary N) is 1. The molecular weight excluding hydrogens is 483 g/mol. The van der Waals surface area contributed by atoms with E-state index in [2.05, 4.69) is 46.1 Å². The van der Waals surface area contributed by atoms with Gasteiger partial charge in [-0.2, -0.15) is 0 Å². The first kappa shape index (κ1) is 27.5. The van der Waals surface area contributed by atoms with Gasteiger partial charge in [0.2, 0.25) is 0 Å². The molecule has 0 aliphatic rings. The third kappa shape index (κ3) is 9.34. The van der Waals surface area contributed by atoms with Crippen LogP contribution in [-0.4, -0.2) is 31.1 Å². The Balaban J connectivity index is 0.00000364. The van der Waals surface area contributed by atoms with E-state index in [1.165, 1.54) is 0 Å². The van der Waals surface area contributed by atoms with E-state index in [0.29, 0.717) is 6.61 Å². The zero-order valence-electron chi connectivity index (χ0n) is 16.4. The van der Waals surface area contributed by atoms with Crippen molar-refractivity contribution >= 4 is 52.3 Å². The van der Waals surface area contributed by atoms with Gasteiger partial charge in [-0.25, -0.2) is 0 Å². The Morgan fingerprint density at radius 1 is 1.04 bits per heavy atom. The van der Waals surface area contributed by atoms with Gasteiger partial charge < -0.3 is 15.0 Å². The Bertz CT molecular complexity index is 684. The van der Waals surface area contributed by atoms with Crippen LogP contribution in [0.15, 0.2) is 46.9 Å². The zero-order valence-corrected chi connectivity index (χ0v) is 20.4. The fourth-order valence-electron chi connectivity index (χ4n) is 2.79. The molecule has 0 unspecified atom stereocenters. The minimum atomic E-state index is 0. The van der Waals surface area contributed by atoms with Crippen LogP contribution >= 0.6 is 52.3 Å². The quantitative estimate of drug-likeness (QED) is 0.355. The lowest BCUT2D eigenvalue weighted by atomic mass is 10.2. The number of hydrogen-bond acceptors (Lipinski definition) is 3. The van der Waals surface area contributed by atoms with Gasteiger partial charge in [-0.15, -0.1) is 24.8 Å². The van der Waals surface area contributed by atoms with Crippen molar-refractivity contribution < 1.29 is 4.74 Å². The molecule has 0 aromatic heterocycles. The molecule has 0 aliphatic carbocycles. The molecule has 1 N–H and O–H groups in total. The van der Waals surface area contributed by atoms with Gasteiger partial charge in [0.15, 0.2) is 0 Å². The van der Waals surface area contributed by atoms with Gasteiger partial charge in [0.1, 0.15) is 12.4 Å². The lowest BCUT2D eigenvalue weighted by Crippen LogP contribution is -2.27. The van der Waals surface area contributed by atoms with E-state index in [4.69, 9.17) is 16.3 Å². The number of benzene rings is 2. The van der Waals surface area contributed by atoms with Crippen LogP contribution < -0.4 is 10.1 Å². The summed E-state index contributed by atoms with van der Waals surface area (Å²) < 4.78 is 7.09. The maximum absolute atomic E-state index is 6.22. The summed E-state index contributed by atoms with van der Waals surface area (Å²) in [5, 5.41) is 4.27. The Morgan fingerprint density at radius 2 is 1.75 bits per heavy atom. The van der Waals surface area contributed by atoms with Gasteiger partial charge >= 0.3 is 0 Å². The van der Waals surface area contributed by atoms with Gasteiger partial charge in [0.05, 0.1) is 0 Å². The monoisotopic (exact) mass is 510 g/mol. The van der Waals surface area contributed by atoms with Crippen molar-refractivity contribution in [2.75, 3.05) is 26.2 Å². The second-order valence-corrected chi connectivity index (χ2v) is 7.51. The Hall–Kier alpha value is -0.490. The summed E-state index contributed by atoms with van der Waals surface area (Å²) >= 11 is 9.77. The van der Waals surface area contributed by atoms with Gasteiger partial charge in [-0.1, -0.05) is 59.6 Å². The summed E-state index contributed by atoms with van der Waals surface area (Å²) in [5.41, 5.74) is 2.14. The maximum atomic E-state index is 6.22. The predicted molar refractivity (Wildman–Crippen MR) is 129 cm³/mol. The second kappa shape index (κ2) is 15.4. The standard InChI is InChI=1S/C21H28BrClN2O.2ClH/c1-3-25(4-2)13-7-12-24-15-18-14-19(22)10-11-21(18)26-16-17-8-5-6-9-20(17)23;;/h5-6,8-11,14,24H,3-4,7,12-13,15-16H2,1-2H3;2*1H. The maximum Gasteiger partial charge on any atom is 0.124 e. The van der Waals surface area contributed by atoms with E-state index in [1.807, 2.05) is 36.4 Å². The fraction of sp³-hybridized carbons (Fsp3) is 0.429. The first-order valence-corrected chi connectivity index (χ1v) is 10.4. The highest BCUT2D eigenvalue weighted by molar-refractivity contribution is 9.10. The van der Waals surface area contributed by atoms with Crippen molar-refractivity contribution in [3.63, 3.8) is 0 Å². The Kier molecular flexibility index (Phi) is 15.1. The lowest BCUT2D eigenvalue weighted by molar-refractivity contribution is 0.295. The normalized spacial score (nSPS) is 10.3. The highest BCUT2D eigenvalue weighted by atomic mass is 79.9. The first-order valence-electron chi connectivity index (χ1n) is 9.21. The number of halogens is 4. The fourth-order valence-corrected chi connectivity index (χ4v) is 3.39. The van der Waals surface area contributed by atoms with Crippen LogP contribution in [0.5, 0.6) is 5.75 Å². The van der Waals surface area contributed by atoms with Gasteiger partial charge in [-0.05, 0) is 56.9 Å². The molecule has 0 radical (unpaired) electrons. The molecular formula is C21H30BrCl3N2O. The van der Waals surface area contributed by atoms with Crippen molar-refractivity contribution in [3.05, 3.63) is 63.1 Å². The average Bonchev–Trinajstić information content (AvgIpc) is 2.65. The highest BCUT2D eigenvalue weighted by Crippen LogP contribution is 2.25. The summed E-state index contributed by atoms with van der Waals surface area (Å²) in [7, 11) is 0. The molecule has 2 rings (SSSR count). The predicted octanol–water partition coefficient (Wildman–Crippen LogP) is 6.35. The SMILES string of the molecule is CCN(CC)CCCNCc1cc(Br)ccc1OCc1ccccc1Cl.Cl.Cl. The van der Waals surface area contributed by atoms with Crippen molar-refractivity contribution in [2.45, 2.75) is 33.4 Å². The largest absolute Gasteiger partial charge is 0.489 e. The van der Waals surface area contributed by atoms with Crippen LogP contribution in [-0.2, 0) is 13.2 Å². The molecule has 0 heterocycles. The minimum absolute atomic E-state index is 0. The van der Waals surface area contributed by atoms with Crippen LogP contribution in [0.3, 0.4) is 0 Å². The molecule has 2 aromatic carbocycles. The molecule has 0 bridgehead atoms. The lowest BCUT2D eigenvalue weighted by Gasteiger charge is -2.18. The topological polar surface area (TPSA) is 24.5 Å². The second-order valence-electron chi connectivity index (χ2n) is 6.19. The third-order valence-corrected chi connectivity index (χ3v) is 5.26.